The fourth-order valence-corrected chi connectivity index (χ4v) is 4.10. The van der Waals surface area contributed by atoms with Crippen LogP contribution in [0.15, 0.2) is 78.9 Å². The van der Waals surface area contributed by atoms with Gasteiger partial charge in [-0.15, -0.1) is 0 Å². The molecule has 3 heteroatoms. The summed E-state index contributed by atoms with van der Waals surface area (Å²) in [6, 6.07) is 27.1. The van der Waals surface area contributed by atoms with E-state index < -0.39 is 0 Å². The van der Waals surface area contributed by atoms with E-state index in [1.165, 1.54) is 21.8 Å². The van der Waals surface area contributed by atoms with Crippen molar-refractivity contribution in [3.63, 3.8) is 0 Å². The molecule has 1 aromatic heterocycles. The van der Waals surface area contributed by atoms with Crippen LogP contribution in [-0.2, 0) is 4.79 Å². The summed E-state index contributed by atoms with van der Waals surface area (Å²) in [7, 11) is 0. The zero-order chi connectivity index (χ0) is 19.5. The SMILES string of the molecule is CCC(CC(C)C(=O)Nc1ccccc1)n1c2ccccc2c2ccccc21. The molecule has 0 aliphatic rings. The molecule has 4 aromatic rings. The normalized spacial score (nSPS) is 13.5. The Kier molecular flexibility index (Phi) is 5.16. The number of amides is 1. The van der Waals surface area contributed by atoms with Gasteiger partial charge in [-0.05, 0) is 37.1 Å². The van der Waals surface area contributed by atoms with Crippen molar-refractivity contribution in [1.82, 2.24) is 4.57 Å². The molecule has 4 rings (SSSR count). The van der Waals surface area contributed by atoms with E-state index in [1.807, 2.05) is 37.3 Å². The highest BCUT2D eigenvalue weighted by Crippen LogP contribution is 2.35. The maximum atomic E-state index is 12.7. The Morgan fingerprint density at radius 1 is 0.857 bits per heavy atom. The largest absolute Gasteiger partial charge is 0.337 e. The summed E-state index contributed by atoms with van der Waals surface area (Å²) < 4.78 is 2.43. The van der Waals surface area contributed by atoms with Crippen molar-refractivity contribution in [2.24, 2.45) is 5.92 Å². The lowest BCUT2D eigenvalue weighted by molar-refractivity contribution is -0.119. The average Bonchev–Trinajstić information content (AvgIpc) is 3.07. The molecule has 2 unspecified atom stereocenters. The van der Waals surface area contributed by atoms with E-state index in [2.05, 4.69) is 65.3 Å². The van der Waals surface area contributed by atoms with Crippen LogP contribution in [0.4, 0.5) is 5.69 Å². The van der Waals surface area contributed by atoms with E-state index in [9.17, 15) is 4.79 Å². The van der Waals surface area contributed by atoms with Crippen LogP contribution in [0.25, 0.3) is 21.8 Å². The molecule has 1 heterocycles. The van der Waals surface area contributed by atoms with Crippen molar-refractivity contribution in [1.29, 1.82) is 0 Å². The van der Waals surface area contributed by atoms with Crippen molar-refractivity contribution >= 4 is 33.4 Å². The number of rotatable bonds is 6. The van der Waals surface area contributed by atoms with Gasteiger partial charge < -0.3 is 9.88 Å². The van der Waals surface area contributed by atoms with E-state index in [0.717, 1.165) is 18.5 Å². The molecule has 0 aliphatic heterocycles. The third kappa shape index (κ3) is 3.40. The number of hydrogen-bond donors (Lipinski definition) is 1. The second-order valence-corrected chi connectivity index (χ2v) is 7.46. The van der Waals surface area contributed by atoms with Gasteiger partial charge in [-0.25, -0.2) is 0 Å². The molecule has 3 aromatic carbocycles. The van der Waals surface area contributed by atoms with Gasteiger partial charge in [0.2, 0.25) is 5.91 Å². The maximum absolute atomic E-state index is 12.7. The highest BCUT2D eigenvalue weighted by Gasteiger charge is 2.22. The lowest BCUT2D eigenvalue weighted by Crippen LogP contribution is -2.23. The molecule has 1 amide bonds. The molecule has 0 spiro atoms. The predicted octanol–water partition coefficient (Wildman–Crippen LogP) is 6.41. The number of aromatic nitrogens is 1. The Bertz CT molecular complexity index is 1040. The van der Waals surface area contributed by atoms with E-state index in [1.54, 1.807) is 0 Å². The Morgan fingerprint density at radius 2 is 1.39 bits per heavy atom. The molecule has 0 fully saturated rings. The highest BCUT2D eigenvalue weighted by molar-refractivity contribution is 6.08. The number of nitrogens with one attached hydrogen (secondary N) is 1. The van der Waals surface area contributed by atoms with Crippen LogP contribution in [0.1, 0.15) is 32.7 Å². The van der Waals surface area contributed by atoms with Gasteiger partial charge in [0.1, 0.15) is 0 Å². The standard InChI is InChI=1S/C25H26N2O/c1-3-20(17-18(2)25(28)26-19-11-5-4-6-12-19)27-23-15-9-7-13-21(23)22-14-8-10-16-24(22)27/h4-16,18,20H,3,17H2,1-2H3,(H,26,28). The quantitative estimate of drug-likeness (QED) is 0.418. The molecule has 3 nitrogen and oxygen atoms in total. The van der Waals surface area contributed by atoms with Gasteiger partial charge in [0, 0.05) is 39.5 Å². The van der Waals surface area contributed by atoms with E-state index in [0.29, 0.717) is 0 Å². The second-order valence-electron chi connectivity index (χ2n) is 7.46. The first kappa shape index (κ1) is 18.3. The molecule has 0 radical (unpaired) electrons. The molecule has 2 atom stereocenters. The summed E-state index contributed by atoms with van der Waals surface area (Å²) in [5, 5.41) is 5.59. The molecule has 0 aliphatic carbocycles. The Labute approximate surface area is 166 Å². The van der Waals surface area contributed by atoms with Gasteiger partial charge in [0.25, 0.3) is 0 Å². The zero-order valence-corrected chi connectivity index (χ0v) is 16.4. The zero-order valence-electron chi connectivity index (χ0n) is 16.4. The van der Waals surface area contributed by atoms with Gasteiger partial charge in [-0.1, -0.05) is 68.4 Å². The van der Waals surface area contributed by atoms with E-state index in [-0.39, 0.29) is 17.9 Å². The predicted molar refractivity (Wildman–Crippen MR) is 118 cm³/mol. The van der Waals surface area contributed by atoms with Crippen LogP contribution in [0.3, 0.4) is 0 Å². The number of carbonyl (C=O) groups is 1. The topological polar surface area (TPSA) is 34.0 Å². The molecule has 1 N–H and O–H groups in total. The van der Waals surface area contributed by atoms with E-state index in [4.69, 9.17) is 0 Å². The first-order valence-electron chi connectivity index (χ1n) is 10.0. The van der Waals surface area contributed by atoms with Crippen LogP contribution in [0.2, 0.25) is 0 Å². The fraction of sp³-hybridized carbons (Fsp3) is 0.240. The summed E-state index contributed by atoms with van der Waals surface area (Å²) in [5.41, 5.74) is 3.33. The summed E-state index contributed by atoms with van der Waals surface area (Å²) in [4.78, 5) is 12.7. The molecular formula is C25H26N2O. The number of nitrogens with zero attached hydrogens (tertiary/aromatic N) is 1. The highest BCUT2D eigenvalue weighted by atomic mass is 16.1. The summed E-state index contributed by atoms with van der Waals surface area (Å²) in [6.07, 6.45) is 1.78. The van der Waals surface area contributed by atoms with Gasteiger partial charge in [-0.3, -0.25) is 4.79 Å². The van der Waals surface area contributed by atoms with Crippen LogP contribution in [-0.4, -0.2) is 10.5 Å². The van der Waals surface area contributed by atoms with Crippen LogP contribution >= 0.6 is 0 Å². The Hall–Kier alpha value is -3.07. The van der Waals surface area contributed by atoms with Gasteiger partial charge >= 0.3 is 0 Å². The third-order valence-corrected chi connectivity index (χ3v) is 5.57. The second kappa shape index (κ2) is 7.89. The number of anilines is 1. The summed E-state index contributed by atoms with van der Waals surface area (Å²) >= 11 is 0. The lowest BCUT2D eigenvalue weighted by atomic mass is 9.98. The van der Waals surface area contributed by atoms with Crippen molar-refractivity contribution in [3.05, 3.63) is 78.9 Å². The van der Waals surface area contributed by atoms with Crippen LogP contribution in [0, 0.1) is 5.92 Å². The number of benzene rings is 3. The smallest absolute Gasteiger partial charge is 0.227 e. The number of fused-ring (bicyclic) bond motifs is 3. The van der Waals surface area contributed by atoms with Crippen LogP contribution in [0.5, 0.6) is 0 Å². The van der Waals surface area contributed by atoms with Crippen molar-refractivity contribution in [2.75, 3.05) is 5.32 Å². The monoisotopic (exact) mass is 370 g/mol. The molecular weight excluding hydrogens is 344 g/mol. The third-order valence-electron chi connectivity index (χ3n) is 5.57. The van der Waals surface area contributed by atoms with E-state index >= 15 is 0 Å². The molecule has 0 saturated carbocycles. The number of hydrogen-bond acceptors (Lipinski definition) is 1. The van der Waals surface area contributed by atoms with Crippen molar-refractivity contribution < 1.29 is 4.79 Å². The molecule has 28 heavy (non-hydrogen) atoms. The van der Waals surface area contributed by atoms with Gasteiger partial charge in [0.15, 0.2) is 0 Å². The number of para-hydroxylation sites is 3. The van der Waals surface area contributed by atoms with Gasteiger partial charge in [0.05, 0.1) is 0 Å². The van der Waals surface area contributed by atoms with Gasteiger partial charge in [-0.2, -0.15) is 0 Å². The first-order valence-corrected chi connectivity index (χ1v) is 10.0. The molecule has 0 bridgehead atoms. The minimum atomic E-state index is -0.0786. The summed E-state index contributed by atoms with van der Waals surface area (Å²) in [6.45, 7) is 4.23. The van der Waals surface area contributed by atoms with Crippen molar-refractivity contribution in [2.45, 2.75) is 32.7 Å². The number of carbonyl (C=O) groups excluding carboxylic acids is 1. The Balaban J connectivity index is 1.64. The lowest BCUT2D eigenvalue weighted by Gasteiger charge is -2.23. The maximum Gasteiger partial charge on any atom is 0.227 e. The fourth-order valence-electron chi connectivity index (χ4n) is 4.10. The minimum Gasteiger partial charge on any atom is -0.337 e. The minimum absolute atomic E-state index is 0.0745. The summed E-state index contributed by atoms with van der Waals surface area (Å²) in [5.74, 6) is -0.00417. The van der Waals surface area contributed by atoms with Crippen LogP contribution < -0.4 is 5.32 Å². The molecule has 0 saturated heterocycles. The average molecular weight is 370 g/mol. The molecule has 142 valence electrons. The first-order chi connectivity index (χ1) is 13.7. The van der Waals surface area contributed by atoms with Crippen molar-refractivity contribution in [3.8, 4) is 0 Å². The Morgan fingerprint density at radius 3 is 1.96 bits per heavy atom.